The molecule has 0 bridgehead atoms. The maximum Gasteiger partial charge on any atom is 0.109 e. The molecule has 0 fully saturated rings. The second kappa shape index (κ2) is 4.94. The van der Waals surface area contributed by atoms with Crippen molar-refractivity contribution in [2.24, 2.45) is 7.05 Å². The van der Waals surface area contributed by atoms with Crippen LogP contribution >= 0.6 is 11.3 Å². The van der Waals surface area contributed by atoms with Gasteiger partial charge in [-0.15, -0.1) is 11.3 Å². The van der Waals surface area contributed by atoms with Gasteiger partial charge in [-0.1, -0.05) is 54.6 Å². The Balaban J connectivity index is 1.90. The number of aryl methyl sites for hydroxylation is 1. The Kier molecular flexibility index (Phi) is 2.52. The lowest BCUT2D eigenvalue weighted by molar-refractivity contribution is 1.01. The van der Waals surface area contributed by atoms with Crippen molar-refractivity contribution in [3.8, 4) is 0 Å². The predicted octanol–water partition coefficient (Wildman–Crippen LogP) is 7.70. The highest BCUT2D eigenvalue weighted by atomic mass is 32.1. The monoisotopic (exact) mass is 400 g/mol. The van der Waals surface area contributed by atoms with Crippen molar-refractivity contribution in [2.45, 2.75) is 0 Å². The van der Waals surface area contributed by atoms with E-state index >= 15 is 0 Å². The minimum absolute atomic E-state index is 1.28. The maximum absolute atomic E-state index is 2.53. The zero-order valence-electron chi connectivity index (χ0n) is 16.3. The van der Waals surface area contributed by atoms with Crippen LogP contribution in [0.1, 0.15) is 0 Å². The molecule has 0 spiro atoms. The number of hydrogen-bond donors (Lipinski definition) is 0. The Morgan fingerprint density at radius 2 is 1.30 bits per heavy atom. The highest BCUT2D eigenvalue weighted by molar-refractivity contribution is 7.25. The third-order valence-corrected chi connectivity index (χ3v) is 8.04. The zero-order valence-corrected chi connectivity index (χ0v) is 17.1. The van der Waals surface area contributed by atoms with Crippen LogP contribution in [-0.2, 0) is 7.05 Å². The largest absolute Gasteiger partial charge is 0.344 e. The quantitative estimate of drug-likeness (QED) is 0.247. The van der Waals surface area contributed by atoms with Crippen LogP contribution in [0.5, 0.6) is 0 Å². The Labute approximate surface area is 175 Å². The van der Waals surface area contributed by atoms with Gasteiger partial charge in [-0.2, -0.15) is 0 Å². The van der Waals surface area contributed by atoms with E-state index in [1.165, 1.54) is 69.3 Å². The average molecular weight is 401 g/mol. The van der Waals surface area contributed by atoms with Crippen molar-refractivity contribution < 1.29 is 0 Å². The number of aromatic nitrogens is 2. The number of benzene rings is 4. The van der Waals surface area contributed by atoms with Crippen LogP contribution in [0.4, 0.5) is 0 Å². The van der Waals surface area contributed by atoms with Crippen LogP contribution in [0.2, 0.25) is 0 Å². The smallest absolute Gasteiger partial charge is 0.109 e. The van der Waals surface area contributed by atoms with Crippen molar-refractivity contribution in [2.75, 3.05) is 0 Å². The first kappa shape index (κ1) is 15.3. The molecule has 8 aromatic rings. The molecule has 0 aliphatic heterocycles. The van der Waals surface area contributed by atoms with E-state index in [4.69, 9.17) is 0 Å². The summed E-state index contributed by atoms with van der Waals surface area (Å²) < 4.78 is 6.24. The lowest BCUT2D eigenvalue weighted by atomic mass is 10.0. The van der Waals surface area contributed by atoms with E-state index in [2.05, 4.69) is 94.9 Å². The number of para-hydroxylation sites is 1. The van der Waals surface area contributed by atoms with E-state index in [0.29, 0.717) is 0 Å². The first-order valence-corrected chi connectivity index (χ1v) is 11.1. The van der Waals surface area contributed by atoms with Crippen LogP contribution in [0.25, 0.3) is 69.3 Å². The van der Waals surface area contributed by atoms with Gasteiger partial charge in [0.2, 0.25) is 0 Å². The predicted molar refractivity (Wildman–Crippen MR) is 130 cm³/mol. The zero-order chi connectivity index (χ0) is 19.6. The summed E-state index contributed by atoms with van der Waals surface area (Å²) in [6.45, 7) is 0. The molecule has 4 aromatic heterocycles. The Bertz CT molecular complexity index is 1960. The molecule has 140 valence electrons. The van der Waals surface area contributed by atoms with Crippen molar-refractivity contribution in [1.29, 1.82) is 0 Å². The Hall–Kier alpha value is -3.56. The molecule has 0 atom stereocenters. The maximum atomic E-state index is 2.53. The number of nitrogens with zero attached hydrogens (tertiary/aromatic N) is 2. The van der Waals surface area contributed by atoms with Crippen molar-refractivity contribution >= 4 is 80.6 Å². The molecular formula is C27H16N2S. The topological polar surface area (TPSA) is 9.34 Å². The summed E-state index contributed by atoms with van der Waals surface area (Å²) in [6, 6.07) is 29.1. The lowest BCUT2D eigenvalue weighted by Crippen LogP contribution is -1.88. The number of hydrogen-bond acceptors (Lipinski definition) is 1. The highest BCUT2D eigenvalue weighted by Crippen LogP contribution is 2.47. The van der Waals surface area contributed by atoms with Gasteiger partial charge in [-0.3, -0.25) is 4.40 Å². The van der Waals surface area contributed by atoms with Crippen LogP contribution < -0.4 is 0 Å². The minimum atomic E-state index is 1.28. The lowest BCUT2D eigenvalue weighted by Gasteiger charge is -2.03. The Morgan fingerprint density at radius 1 is 0.567 bits per heavy atom. The molecule has 2 nitrogen and oxygen atoms in total. The van der Waals surface area contributed by atoms with E-state index < -0.39 is 0 Å². The molecule has 0 aliphatic carbocycles. The summed E-state index contributed by atoms with van der Waals surface area (Å²) in [5.41, 5.74) is 5.23. The number of fused-ring (bicyclic) bond motifs is 8. The molecule has 0 aliphatic rings. The summed E-state index contributed by atoms with van der Waals surface area (Å²) in [4.78, 5) is 1.34. The molecule has 3 heteroatoms. The highest BCUT2D eigenvalue weighted by Gasteiger charge is 2.23. The first-order chi connectivity index (χ1) is 14.8. The molecule has 4 aromatic carbocycles. The van der Waals surface area contributed by atoms with Crippen LogP contribution in [-0.4, -0.2) is 8.97 Å². The molecule has 0 saturated heterocycles. The first-order valence-electron chi connectivity index (χ1n) is 10.3. The molecule has 8 rings (SSSR count). The van der Waals surface area contributed by atoms with Crippen molar-refractivity contribution in [3.05, 3.63) is 78.9 Å². The van der Waals surface area contributed by atoms with Crippen molar-refractivity contribution in [1.82, 2.24) is 8.97 Å². The third-order valence-electron chi connectivity index (χ3n) is 6.88. The van der Waals surface area contributed by atoms with E-state index in [1.54, 1.807) is 0 Å². The van der Waals surface area contributed by atoms with Gasteiger partial charge in [0.15, 0.2) is 0 Å². The fourth-order valence-corrected chi connectivity index (χ4v) is 6.89. The minimum Gasteiger partial charge on any atom is -0.344 e. The summed E-state index contributed by atoms with van der Waals surface area (Å²) in [7, 11) is 2.19. The van der Waals surface area contributed by atoms with Gasteiger partial charge in [-0.05, 0) is 29.7 Å². The average Bonchev–Trinajstić information content (AvgIpc) is 3.38. The van der Waals surface area contributed by atoms with Gasteiger partial charge in [0.05, 0.1) is 16.6 Å². The summed E-state index contributed by atoms with van der Waals surface area (Å²) >= 11 is 1.91. The summed E-state index contributed by atoms with van der Waals surface area (Å²) in [5.74, 6) is 0. The van der Waals surface area contributed by atoms with Crippen LogP contribution in [0, 0.1) is 0 Å². The van der Waals surface area contributed by atoms with E-state index in [-0.39, 0.29) is 0 Å². The van der Waals surface area contributed by atoms with Crippen LogP contribution in [0.15, 0.2) is 78.9 Å². The fourth-order valence-electron chi connectivity index (χ4n) is 5.66. The molecule has 0 unspecified atom stereocenters. The van der Waals surface area contributed by atoms with Gasteiger partial charge < -0.3 is 4.57 Å². The number of rotatable bonds is 0. The summed E-state index contributed by atoms with van der Waals surface area (Å²) in [6.07, 6.45) is 0. The normalized spacial score (nSPS) is 12.8. The third kappa shape index (κ3) is 1.54. The van der Waals surface area contributed by atoms with Crippen LogP contribution in [0.3, 0.4) is 0 Å². The van der Waals surface area contributed by atoms with Crippen molar-refractivity contribution in [3.63, 3.8) is 0 Å². The molecular weight excluding hydrogens is 384 g/mol. The SMILES string of the molecule is Cn1c2cccc3c4ccccc4n4c5sc6ccccc6c5c5ccc1c(c32)c54. The number of thiophene rings is 1. The Morgan fingerprint density at radius 3 is 2.23 bits per heavy atom. The van der Waals surface area contributed by atoms with Gasteiger partial charge in [-0.25, -0.2) is 0 Å². The molecule has 4 heterocycles. The second-order valence-corrected chi connectivity index (χ2v) is 9.28. The standard InChI is InChI=1S/C27H16N2S/c1-28-20-11-6-9-16-15-7-2-4-10-19(15)29-26-18(13-14-21(28)25(26)24(16)20)23-17-8-3-5-12-22(17)30-27(23)29/h2-14H,1H3. The molecule has 30 heavy (non-hydrogen) atoms. The molecule has 0 amide bonds. The molecule has 0 saturated carbocycles. The summed E-state index contributed by atoms with van der Waals surface area (Å²) in [5, 5.41) is 9.50. The van der Waals surface area contributed by atoms with Gasteiger partial charge in [0, 0.05) is 49.6 Å². The fraction of sp³-hybridized carbons (Fsp3) is 0.0370. The second-order valence-electron chi connectivity index (χ2n) is 8.25. The van der Waals surface area contributed by atoms with Gasteiger partial charge in [0.1, 0.15) is 4.83 Å². The molecule has 0 radical (unpaired) electrons. The van der Waals surface area contributed by atoms with Gasteiger partial charge >= 0.3 is 0 Å². The van der Waals surface area contributed by atoms with Gasteiger partial charge in [0.25, 0.3) is 0 Å². The molecule has 0 N–H and O–H groups in total. The van der Waals surface area contributed by atoms with E-state index in [0.717, 1.165) is 0 Å². The van der Waals surface area contributed by atoms with E-state index in [1.807, 2.05) is 11.3 Å². The van der Waals surface area contributed by atoms with E-state index in [9.17, 15) is 0 Å².